The molecular weight excluding hydrogens is 314 g/mol. The van der Waals surface area contributed by atoms with Gasteiger partial charge in [0.25, 0.3) is 0 Å². The molecule has 2 aliphatic carbocycles. The molecule has 1 aromatic rings. The van der Waals surface area contributed by atoms with Crippen molar-refractivity contribution in [2.75, 3.05) is 0 Å². The van der Waals surface area contributed by atoms with Crippen LogP contribution in [0.3, 0.4) is 0 Å². The van der Waals surface area contributed by atoms with Gasteiger partial charge in [-0.1, -0.05) is 64.5 Å². The minimum Gasteiger partial charge on any atom is -0.203 e. The number of hydrogen-bond acceptors (Lipinski definition) is 0. The summed E-state index contributed by atoms with van der Waals surface area (Å²) in [5.74, 6) is 1.71. The Morgan fingerprint density at radius 2 is 1.20 bits per heavy atom. The fraction of sp³-hybridized carbons (Fsp3) is 0.739. The van der Waals surface area contributed by atoms with E-state index in [4.69, 9.17) is 0 Å². The summed E-state index contributed by atoms with van der Waals surface area (Å²) in [4.78, 5) is 0. The van der Waals surface area contributed by atoms with E-state index in [-0.39, 0.29) is 0 Å². The summed E-state index contributed by atoms with van der Waals surface area (Å²) in [6.07, 6.45) is 12.3. The van der Waals surface area contributed by atoms with Gasteiger partial charge in [0.2, 0.25) is 0 Å². The summed E-state index contributed by atoms with van der Waals surface area (Å²) in [5, 5.41) is 0. The summed E-state index contributed by atoms with van der Waals surface area (Å²) >= 11 is 0. The average Bonchev–Trinajstić information content (AvgIpc) is 2.61. The first-order valence-electron chi connectivity index (χ1n) is 10.5. The predicted molar refractivity (Wildman–Crippen MR) is 101 cm³/mol. The van der Waals surface area contributed by atoms with Gasteiger partial charge in [-0.2, -0.15) is 0 Å². The Morgan fingerprint density at radius 1 is 0.720 bits per heavy atom. The molecule has 0 aliphatic heterocycles. The number of benzene rings is 1. The van der Waals surface area contributed by atoms with E-state index in [0.717, 1.165) is 31.1 Å². The molecule has 2 aliphatic rings. The Balaban J connectivity index is 1.56. The van der Waals surface area contributed by atoms with Gasteiger partial charge in [0, 0.05) is 0 Å². The van der Waals surface area contributed by atoms with Crippen molar-refractivity contribution in [3.8, 4) is 0 Å². The topological polar surface area (TPSA) is 0 Å². The molecule has 2 heteroatoms. The zero-order chi connectivity index (χ0) is 17.8. The van der Waals surface area contributed by atoms with Gasteiger partial charge in [0.15, 0.2) is 11.6 Å². The van der Waals surface area contributed by atoms with Crippen LogP contribution in [0.5, 0.6) is 0 Å². The van der Waals surface area contributed by atoms with Crippen LogP contribution in [-0.4, -0.2) is 0 Å². The molecule has 0 bridgehead atoms. The van der Waals surface area contributed by atoms with Crippen LogP contribution in [0.2, 0.25) is 0 Å². The van der Waals surface area contributed by atoms with Gasteiger partial charge in [-0.3, -0.25) is 0 Å². The van der Waals surface area contributed by atoms with Crippen LogP contribution in [0.1, 0.15) is 82.8 Å². The molecule has 0 atom stereocenters. The molecule has 0 heterocycles. The van der Waals surface area contributed by atoms with Crippen molar-refractivity contribution in [2.24, 2.45) is 23.7 Å². The van der Waals surface area contributed by atoms with Gasteiger partial charge in [0.05, 0.1) is 0 Å². The molecule has 1 aromatic carbocycles. The highest BCUT2D eigenvalue weighted by Crippen LogP contribution is 2.33. The van der Waals surface area contributed by atoms with Crippen LogP contribution >= 0.6 is 0 Å². The molecule has 0 radical (unpaired) electrons. The summed E-state index contributed by atoms with van der Waals surface area (Å²) in [6, 6.07) is 3.71. The van der Waals surface area contributed by atoms with E-state index >= 15 is 0 Å². The lowest BCUT2D eigenvalue weighted by Crippen LogP contribution is -2.16. The Bertz CT molecular complexity index is 549. The van der Waals surface area contributed by atoms with Crippen LogP contribution < -0.4 is 0 Å². The first-order valence-corrected chi connectivity index (χ1v) is 10.5. The van der Waals surface area contributed by atoms with Gasteiger partial charge < -0.3 is 0 Å². The van der Waals surface area contributed by atoms with Crippen LogP contribution in [0.25, 0.3) is 0 Å². The normalized spacial score (nSPS) is 30.4. The fourth-order valence-electron chi connectivity index (χ4n) is 4.80. The van der Waals surface area contributed by atoms with Crippen molar-refractivity contribution < 1.29 is 8.78 Å². The maximum Gasteiger partial charge on any atom is 0.162 e. The second kappa shape index (κ2) is 8.64. The second-order valence-corrected chi connectivity index (χ2v) is 9.01. The minimum absolute atomic E-state index is 0.528. The number of rotatable bonds is 5. The highest BCUT2D eigenvalue weighted by Gasteiger charge is 2.22. The van der Waals surface area contributed by atoms with E-state index in [9.17, 15) is 8.78 Å². The molecule has 3 rings (SSSR count). The molecule has 0 N–H and O–H groups in total. The molecule has 2 fully saturated rings. The Hall–Kier alpha value is -0.920. The molecule has 25 heavy (non-hydrogen) atoms. The molecule has 0 aromatic heterocycles. The minimum atomic E-state index is -0.578. The van der Waals surface area contributed by atoms with Gasteiger partial charge in [-0.15, -0.1) is 0 Å². The van der Waals surface area contributed by atoms with Gasteiger partial charge >= 0.3 is 0 Å². The third-order valence-corrected chi connectivity index (χ3v) is 6.84. The smallest absolute Gasteiger partial charge is 0.162 e. The largest absolute Gasteiger partial charge is 0.203 e. The third-order valence-electron chi connectivity index (χ3n) is 6.84. The Morgan fingerprint density at radius 3 is 1.80 bits per heavy atom. The Kier molecular flexibility index (Phi) is 6.52. The lowest BCUT2D eigenvalue weighted by Gasteiger charge is -2.27. The highest BCUT2D eigenvalue weighted by molar-refractivity contribution is 5.27. The predicted octanol–water partition coefficient (Wildman–Crippen LogP) is 7.09. The summed E-state index contributed by atoms with van der Waals surface area (Å²) in [5.41, 5.74) is 1.17. The van der Waals surface area contributed by atoms with Gasteiger partial charge in [-0.05, 0) is 66.9 Å². The lowest BCUT2D eigenvalue weighted by molar-refractivity contribution is 0.276. The van der Waals surface area contributed by atoms with Crippen molar-refractivity contribution in [3.63, 3.8) is 0 Å². The standard InChI is InChI=1S/C23H34F2/c1-16-3-7-18(8-4-16)11-12-20-13-14-21(23(25)22(20)24)15-19-9-5-17(2)6-10-19/h13-14,16-19H,3-12,15H2,1-2H3. The van der Waals surface area contributed by atoms with E-state index in [0.29, 0.717) is 35.8 Å². The van der Waals surface area contributed by atoms with Crippen LogP contribution in [0, 0.1) is 35.3 Å². The van der Waals surface area contributed by atoms with E-state index in [1.165, 1.54) is 38.5 Å². The highest BCUT2D eigenvalue weighted by atomic mass is 19.2. The number of halogens is 2. The first kappa shape index (κ1) is 18.9. The van der Waals surface area contributed by atoms with Crippen molar-refractivity contribution in [3.05, 3.63) is 34.9 Å². The first-order chi connectivity index (χ1) is 12.0. The Labute approximate surface area is 152 Å². The van der Waals surface area contributed by atoms with Crippen LogP contribution in [-0.2, 0) is 12.8 Å². The molecule has 0 nitrogen and oxygen atoms in total. The molecule has 0 spiro atoms. The van der Waals surface area contributed by atoms with Gasteiger partial charge in [-0.25, -0.2) is 8.78 Å². The van der Waals surface area contributed by atoms with Gasteiger partial charge in [0.1, 0.15) is 0 Å². The van der Waals surface area contributed by atoms with Crippen molar-refractivity contribution >= 4 is 0 Å². The molecule has 0 amide bonds. The van der Waals surface area contributed by atoms with E-state index in [1.807, 2.05) is 12.1 Å². The maximum absolute atomic E-state index is 14.5. The zero-order valence-electron chi connectivity index (χ0n) is 16.0. The molecular formula is C23H34F2. The number of hydrogen-bond donors (Lipinski definition) is 0. The second-order valence-electron chi connectivity index (χ2n) is 9.01. The zero-order valence-corrected chi connectivity index (χ0v) is 16.0. The molecule has 140 valence electrons. The van der Waals surface area contributed by atoms with Crippen molar-refractivity contribution in [1.82, 2.24) is 0 Å². The number of aryl methyl sites for hydroxylation is 1. The summed E-state index contributed by atoms with van der Waals surface area (Å²) in [6.45, 7) is 4.61. The monoisotopic (exact) mass is 348 g/mol. The van der Waals surface area contributed by atoms with E-state index < -0.39 is 11.6 Å². The molecule has 2 saturated carbocycles. The van der Waals surface area contributed by atoms with E-state index in [1.54, 1.807) is 0 Å². The average molecular weight is 349 g/mol. The maximum atomic E-state index is 14.5. The summed E-state index contributed by atoms with van der Waals surface area (Å²) < 4.78 is 29.1. The third kappa shape index (κ3) is 5.05. The fourth-order valence-corrected chi connectivity index (χ4v) is 4.80. The SMILES string of the molecule is CC1CCC(CCc2ccc(CC3CCC(C)CC3)c(F)c2F)CC1. The quantitative estimate of drug-likeness (QED) is 0.532. The van der Waals surface area contributed by atoms with Crippen molar-refractivity contribution in [1.29, 1.82) is 0 Å². The summed E-state index contributed by atoms with van der Waals surface area (Å²) in [7, 11) is 0. The molecule has 0 unspecified atom stereocenters. The van der Waals surface area contributed by atoms with Crippen LogP contribution in [0.15, 0.2) is 12.1 Å². The van der Waals surface area contributed by atoms with E-state index in [2.05, 4.69) is 13.8 Å². The van der Waals surface area contributed by atoms with Crippen molar-refractivity contribution in [2.45, 2.75) is 84.5 Å². The van der Waals surface area contributed by atoms with Crippen LogP contribution in [0.4, 0.5) is 8.78 Å². The molecule has 0 saturated heterocycles. The lowest BCUT2D eigenvalue weighted by atomic mass is 9.79.